The van der Waals surface area contributed by atoms with E-state index >= 15 is 0 Å². The fourth-order valence-electron chi connectivity index (χ4n) is 3.77. The van der Waals surface area contributed by atoms with Crippen LogP contribution in [0, 0.1) is 0 Å². The van der Waals surface area contributed by atoms with E-state index in [-0.39, 0.29) is 33.0 Å². The SMILES string of the molecule is CCCCCOc1ccc(-c2ccc3c(c2O)C(=O)c2ccc(Cl)c(O)c2C3=O)cc1. The first kappa shape index (κ1) is 20.9. The molecule has 0 amide bonds. The topological polar surface area (TPSA) is 83.8 Å². The molecule has 6 heteroatoms. The number of phenolic OH excluding ortho intramolecular Hbond substituents is 2. The second-order valence-electron chi connectivity index (χ2n) is 7.44. The largest absolute Gasteiger partial charge is 0.507 e. The van der Waals surface area contributed by atoms with Crippen molar-refractivity contribution in [3.63, 3.8) is 0 Å². The van der Waals surface area contributed by atoms with E-state index in [1.807, 2.05) is 12.1 Å². The van der Waals surface area contributed by atoms with Crippen LogP contribution in [0.25, 0.3) is 11.1 Å². The molecule has 3 aromatic rings. The van der Waals surface area contributed by atoms with Gasteiger partial charge in [-0.1, -0.05) is 43.5 Å². The second kappa shape index (κ2) is 8.44. The smallest absolute Gasteiger partial charge is 0.198 e. The third-order valence-electron chi connectivity index (χ3n) is 5.43. The molecule has 0 unspecified atom stereocenters. The van der Waals surface area contributed by atoms with Gasteiger partial charge in [0, 0.05) is 16.7 Å². The van der Waals surface area contributed by atoms with Gasteiger partial charge in [0.05, 0.1) is 22.8 Å². The lowest BCUT2D eigenvalue weighted by Gasteiger charge is -2.21. The van der Waals surface area contributed by atoms with Crippen molar-refractivity contribution >= 4 is 23.2 Å². The van der Waals surface area contributed by atoms with E-state index in [0.717, 1.165) is 25.0 Å². The number of ether oxygens (including phenoxy) is 1. The highest BCUT2D eigenvalue weighted by Crippen LogP contribution is 2.42. The molecule has 0 fully saturated rings. The van der Waals surface area contributed by atoms with E-state index in [9.17, 15) is 19.8 Å². The Morgan fingerprint density at radius 3 is 2.00 bits per heavy atom. The maximum atomic E-state index is 13.1. The molecule has 0 radical (unpaired) electrons. The number of phenols is 2. The van der Waals surface area contributed by atoms with Crippen molar-refractivity contribution in [3.05, 3.63) is 75.8 Å². The Kier molecular flexibility index (Phi) is 5.70. The maximum absolute atomic E-state index is 13.1. The zero-order valence-corrected chi connectivity index (χ0v) is 17.7. The highest BCUT2D eigenvalue weighted by atomic mass is 35.5. The van der Waals surface area contributed by atoms with Gasteiger partial charge in [0.2, 0.25) is 0 Å². The van der Waals surface area contributed by atoms with Crippen LogP contribution in [-0.4, -0.2) is 28.4 Å². The summed E-state index contributed by atoms with van der Waals surface area (Å²) in [5, 5.41) is 21.1. The molecule has 1 aliphatic carbocycles. The third kappa shape index (κ3) is 3.66. The molecule has 2 N–H and O–H groups in total. The number of fused-ring (bicyclic) bond motifs is 2. The van der Waals surface area contributed by atoms with Gasteiger partial charge in [0.25, 0.3) is 0 Å². The summed E-state index contributed by atoms with van der Waals surface area (Å²) in [5.41, 5.74) is 0.957. The number of ketones is 2. The van der Waals surface area contributed by atoms with E-state index in [1.165, 1.54) is 18.2 Å². The molecule has 1 aliphatic rings. The minimum Gasteiger partial charge on any atom is -0.507 e. The van der Waals surface area contributed by atoms with Gasteiger partial charge in [-0.05, 0) is 48.4 Å². The summed E-state index contributed by atoms with van der Waals surface area (Å²) in [6, 6.07) is 13.0. The Labute approximate surface area is 184 Å². The minimum atomic E-state index is -0.553. The number of carbonyl (C=O) groups excluding carboxylic acids is 2. The van der Waals surface area contributed by atoms with Gasteiger partial charge >= 0.3 is 0 Å². The summed E-state index contributed by atoms with van der Waals surface area (Å²) in [6.07, 6.45) is 3.22. The maximum Gasteiger partial charge on any atom is 0.198 e. The molecule has 0 saturated carbocycles. The Morgan fingerprint density at radius 1 is 0.774 bits per heavy atom. The molecule has 0 saturated heterocycles. The molecule has 0 heterocycles. The van der Waals surface area contributed by atoms with Crippen LogP contribution in [-0.2, 0) is 0 Å². The van der Waals surface area contributed by atoms with Crippen LogP contribution >= 0.6 is 11.6 Å². The molecule has 0 bridgehead atoms. The molecule has 3 aromatic carbocycles. The number of halogens is 1. The first-order valence-electron chi connectivity index (χ1n) is 10.1. The fourth-order valence-corrected chi connectivity index (χ4v) is 3.93. The van der Waals surface area contributed by atoms with Crippen LogP contribution in [0.1, 0.15) is 58.0 Å². The minimum absolute atomic E-state index is 0.0128. The van der Waals surface area contributed by atoms with E-state index in [1.54, 1.807) is 18.2 Å². The highest BCUT2D eigenvalue weighted by molar-refractivity contribution is 6.36. The van der Waals surface area contributed by atoms with E-state index in [2.05, 4.69) is 6.92 Å². The fraction of sp³-hybridized carbons (Fsp3) is 0.200. The predicted molar refractivity (Wildman–Crippen MR) is 119 cm³/mol. The lowest BCUT2D eigenvalue weighted by molar-refractivity contribution is 0.0974. The van der Waals surface area contributed by atoms with E-state index in [0.29, 0.717) is 17.7 Å². The van der Waals surface area contributed by atoms with Crippen LogP contribution in [0.4, 0.5) is 0 Å². The zero-order valence-electron chi connectivity index (χ0n) is 16.9. The van der Waals surface area contributed by atoms with E-state index in [4.69, 9.17) is 16.3 Å². The van der Waals surface area contributed by atoms with Crippen LogP contribution in [0.3, 0.4) is 0 Å². The van der Waals surface area contributed by atoms with Crippen LogP contribution < -0.4 is 4.74 Å². The first-order valence-corrected chi connectivity index (χ1v) is 10.5. The summed E-state index contributed by atoms with van der Waals surface area (Å²) >= 11 is 5.91. The monoisotopic (exact) mass is 436 g/mol. The molecule has 4 rings (SSSR count). The van der Waals surface area contributed by atoms with Gasteiger partial charge in [-0.25, -0.2) is 0 Å². The van der Waals surface area contributed by atoms with Gasteiger partial charge in [0.15, 0.2) is 11.6 Å². The predicted octanol–water partition coefficient (Wildman–Crippen LogP) is 5.76. The molecule has 31 heavy (non-hydrogen) atoms. The van der Waals surface area contributed by atoms with E-state index < -0.39 is 17.3 Å². The normalized spacial score (nSPS) is 12.5. The van der Waals surface area contributed by atoms with Crippen molar-refractivity contribution in [2.75, 3.05) is 6.61 Å². The molecule has 0 atom stereocenters. The Morgan fingerprint density at radius 2 is 1.35 bits per heavy atom. The van der Waals surface area contributed by atoms with Crippen molar-refractivity contribution in [2.45, 2.75) is 26.2 Å². The van der Waals surface area contributed by atoms with Gasteiger partial charge in [-0.15, -0.1) is 0 Å². The molecular formula is C25H21ClO5. The standard InChI is InChI=1S/C25H21ClO5/c1-2-3-4-13-31-15-7-5-14(6-8-15)16-9-10-17-20(22(16)27)23(28)18-11-12-19(26)25(30)21(18)24(17)29/h5-12,27,30H,2-4,13H2,1H3. The first-order chi connectivity index (χ1) is 14.9. The van der Waals surface area contributed by atoms with Gasteiger partial charge in [0.1, 0.15) is 17.2 Å². The highest BCUT2D eigenvalue weighted by Gasteiger charge is 2.35. The molecule has 158 valence electrons. The molecule has 0 aliphatic heterocycles. The molecule has 5 nitrogen and oxygen atoms in total. The number of benzene rings is 3. The average molecular weight is 437 g/mol. The van der Waals surface area contributed by atoms with Crippen molar-refractivity contribution in [3.8, 4) is 28.4 Å². The Bertz CT molecular complexity index is 1180. The van der Waals surface area contributed by atoms with Crippen LogP contribution in [0.15, 0.2) is 48.5 Å². The van der Waals surface area contributed by atoms with Crippen molar-refractivity contribution in [2.24, 2.45) is 0 Å². The summed E-state index contributed by atoms with van der Waals surface area (Å²) in [5.74, 6) is -1.06. The summed E-state index contributed by atoms with van der Waals surface area (Å²) in [7, 11) is 0. The van der Waals surface area contributed by atoms with Crippen molar-refractivity contribution in [1.82, 2.24) is 0 Å². The number of hydrogen-bond acceptors (Lipinski definition) is 5. The lowest BCUT2D eigenvalue weighted by atomic mass is 9.81. The Balaban J connectivity index is 1.69. The van der Waals surface area contributed by atoms with Gasteiger partial charge in [-0.3, -0.25) is 9.59 Å². The van der Waals surface area contributed by atoms with Crippen LogP contribution in [0.5, 0.6) is 17.2 Å². The second-order valence-corrected chi connectivity index (χ2v) is 7.85. The summed E-state index contributed by atoms with van der Waals surface area (Å²) in [4.78, 5) is 26.0. The summed E-state index contributed by atoms with van der Waals surface area (Å²) < 4.78 is 5.72. The number of rotatable bonds is 6. The Hall–Kier alpha value is -3.31. The average Bonchev–Trinajstić information content (AvgIpc) is 2.77. The number of carbonyl (C=O) groups is 2. The number of aromatic hydroxyl groups is 2. The van der Waals surface area contributed by atoms with Gasteiger partial charge < -0.3 is 14.9 Å². The zero-order chi connectivity index (χ0) is 22.1. The molecular weight excluding hydrogens is 416 g/mol. The van der Waals surface area contributed by atoms with Gasteiger partial charge in [-0.2, -0.15) is 0 Å². The lowest BCUT2D eigenvalue weighted by Crippen LogP contribution is -2.21. The molecule has 0 aromatic heterocycles. The number of hydrogen-bond donors (Lipinski definition) is 2. The van der Waals surface area contributed by atoms with Crippen molar-refractivity contribution in [1.29, 1.82) is 0 Å². The third-order valence-corrected chi connectivity index (χ3v) is 5.74. The quantitative estimate of drug-likeness (QED) is 0.375. The number of unbranched alkanes of at least 4 members (excludes halogenated alkanes) is 2. The summed E-state index contributed by atoms with van der Waals surface area (Å²) in [6.45, 7) is 2.78. The van der Waals surface area contributed by atoms with Crippen molar-refractivity contribution < 1.29 is 24.5 Å². The molecule has 0 spiro atoms. The van der Waals surface area contributed by atoms with Crippen LogP contribution in [0.2, 0.25) is 5.02 Å².